The van der Waals surface area contributed by atoms with E-state index in [4.69, 9.17) is 5.84 Å². The van der Waals surface area contributed by atoms with Crippen LogP contribution in [0.15, 0.2) is 0 Å². The van der Waals surface area contributed by atoms with Crippen LogP contribution in [-0.4, -0.2) is 9.59 Å². The summed E-state index contributed by atoms with van der Waals surface area (Å²) in [6, 6.07) is 0.222. The summed E-state index contributed by atoms with van der Waals surface area (Å²) in [6.45, 7) is 6.70. The van der Waals surface area contributed by atoms with Crippen LogP contribution in [0.5, 0.6) is 0 Å². The molecule has 3 N–H and O–H groups in total. The Hall–Kier alpha value is -0.520. The molecule has 1 aliphatic rings. The van der Waals surface area contributed by atoms with Crippen LogP contribution in [-0.2, 0) is 0 Å². The van der Waals surface area contributed by atoms with Crippen molar-refractivity contribution in [3.8, 4) is 0 Å². The predicted molar refractivity (Wildman–Crippen MR) is 70.4 cm³/mol. The normalized spacial score (nSPS) is 31.4. The standard InChI is InChI=1S/C12H22N4S/c1-7-4-8(2)6-10(5-7)11(14-13)12-9(3)15-16-17-12/h7-8,10-11,14H,4-6,13H2,1-3H3. The monoisotopic (exact) mass is 254 g/mol. The molecular formula is C12H22N4S. The maximum Gasteiger partial charge on any atom is 0.0773 e. The summed E-state index contributed by atoms with van der Waals surface area (Å²) in [4.78, 5) is 1.21. The number of nitrogens with zero attached hydrogens (tertiary/aromatic N) is 2. The lowest BCUT2D eigenvalue weighted by Crippen LogP contribution is -2.36. The highest BCUT2D eigenvalue weighted by Crippen LogP contribution is 2.40. The van der Waals surface area contributed by atoms with Gasteiger partial charge in [-0.15, -0.1) is 5.10 Å². The molecule has 1 aromatic rings. The van der Waals surface area contributed by atoms with E-state index in [0.717, 1.165) is 17.5 Å². The predicted octanol–water partition coefficient (Wildman–Crippen LogP) is 2.42. The third-order valence-electron chi connectivity index (χ3n) is 3.83. The molecule has 0 bridgehead atoms. The molecule has 0 radical (unpaired) electrons. The van der Waals surface area contributed by atoms with E-state index in [9.17, 15) is 0 Å². The average Bonchev–Trinajstić information content (AvgIpc) is 2.65. The van der Waals surface area contributed by atoms with E-state index in [1.807, 2.05) is 6.92 Å². The first-order chi connectivity index (χ1) is 8.11. The second-order valence-electron chi connectivity index (χ2n) is 5.54. The molecule has 0 aliphatic heterocycles. The minimum atomic E-state index is 0.222. The lowest BCUT2D eigenvalue weighted by Gasteiger charge is -2.35. The van der Waals surface area contributed by atoms with E-state index in [-0.39, 0.29) is 6.04 Å². The van der Waals surface area contributed by atoms with Crippen LogP contribution in [0.1, 0.15) is 49.7 Å². The van der Waals surface area contributed by atoms with Gasteiger partial charge in [-0.2, -0.15) is 0 Å². The molecule has 5 heteroatoms. The van der Waals surface area contributed by atoms with E-state index < -0.39 is 0 Å². The van der Waals surface area contributed by atoms with Gasteiger partial charge in [0.2, 0.25) is 0 Å². The van der Waals surface area contributed by atoms with Gasteiger partial charge >= 0.3 is 0 Å². The molecule has 3 atom stereocenters. The molecule has 3 unspecified atom stereocenters. The Morgan fingerprint density at radius 2 is 1.94 bits per heavy atom. The van der Waals surface area contributed by atoms with Crippen molar-refractivity contribution >= 4 is 11.5 Å². The van der Waals surface area contributed by atoms with Gasteiger partial charge in [0.15, 0.2) is 0 Å². The van der Waals surface area contributed by atoms with Crippen LogP contribution >= 0.6 is 11.5 Å². The zero-order valence-electron chi connectivity index (χ0n) is 10.8. The Morgan fingerprint density at radius 1 is 1.29 bits per heavy atom. The van der Waals surface area contributed by atoms with Crippen molar-refractivity contribution < 1.29 is 0 Å². The van der Waals surface area contributed by atoms with Crippen molar-refractivity contribution in [3.05, 3.63) is 10.6 Å². The zero-order valence-corrected chi connectivity index (χ0v) is 11.6. The minimum Gasteiger partial charge on any atom is -0.271 e. The molecule has 1 fully saturated rings. The Balaban J connectivity index is 2.15. The summed E-state index contributed by atoms with van der Waals surface area (Å²) in [7, 11) is 0. The maximum atomic E-state index is 5.76. The van der Waals surface area contributed by atoms with Gasteiger partial charge in [-0.05, 0) is 55.5 Å². The smallest absolute Gasteiger partial charge is 0.0773 e. The fourth-order valence-corrected chi connectivity index (χ4v) is 4.03. The van der Waals surface area contributed by atoms with Gasteiger partial charge in [0.1, 0.15) is 0 Å². The second-order valence-corrected chi connectivity index (χ2v) is 6.33. The SMILES string of the molecule is Cc1nnsc1C(NN)C1CC(C)CC(C)C1. The molecule has 4 nitrogen and oxygen atoms in total. The van der Waals surface area contributed by atoms with E-state index in [2.05, 4.69) is 28.9 Å². The van der Waals surface area contributed by atoms with E-state index in [1.54, 1.807) is 0 Å². The van der Waals surface area contributed by atoms with E-state index in [1.165, 1.54) is 35.7 Å². The fourth-order valence-electron chi connectivity index (χ4n) is 3.23. The fraction of sp³-hybridized carbons (Fsp3) is 0.833. The summed E-state index contributed by atoms with van der Waals surface area (Å²) in [6.07, 6.45) is 3.83. The Kier molecular flexibility index (Phi) is 4.12. The summed E-state index contributed by atoms with van der Waals surface area (Å²) in [5.41, 5.74) is 4.00. The van der Waals surface area contributed by atoms with Crippen LogP contribution < -0.4 is 11.3 Å². The number of nitrogens with one attached hydrogen (secondary N) is 1. The number of nitrogens with two attached hydrogens (primary N) is 1. The third-order valence-corrected chi connectivity index (χ3v) is 4.74. The number of aromatic nitrogens is 2. The molecule has 1 saturated carbocycles. The van der Waals surface area contributed by atoms with Crippen LogP contribution in [0, 0.1) is 24.7 Å². The molecule has 17 heavy (non-hydrogen) atoms. The van der Waals surface area contributed by atoms with Crippen LogP contribution in [0.4, 0.5) is 0 Å². The quantitative estimate of drug-likeness (QED) is 0.642. The van der Waals surface area contributed by atoms with Gasteiger partial charge in [0, 0.05) is 0 Å². The van der Waals surface area contributed by atoms with Crippen molar-refractivity contribution in [1.82, 2.24) is 15.0 Å². The molecule has 0 aromatic carbocycles. The zero-order chi connectivity index (χ0) is 12.4. The lowest BCUT2D eigenvalue weighted by molar-refractivity contribution is 0.178. The van der Waals surface area contributed by atoms with Crippen molar-refractivity contribution in [1.29, 1.82) is 0 Å². The molecule has 0 spiro atoms. The molecule has 0 saturated heterocycles. The highest BCUT2D eigenvalue weighted by atomic mass is 32.1. The molecule has 1 aromatic heterocycles. The van der Waals surface area contributed by atoms with Gasteiger partial charge in [-0.3, -0.25) is 11.3 Å². The number of hydrogen-bond acceptors (Lipinski definition) is 5. The molecule has 1 heterocycles. The lowest BCUT2D eigenvalue weighted by atomic mass is 9.73. The third kappa shape index (κ3) is 2.84. The first kappa shape index (κ1) is 12.9. The van der Waals surface area contributed by atoms with E-state index >= 15 is 0 Å². The van der Waals surface area contributed by atoms with Crippen LogP contribution in [0.25, 0.3) is 0 Å². The summed E-state index contributed by atoms with van der Waals surface area (Å²) >= 11 is 1.47. The van der Waals surface area contributed by atoms with Crippen LogP contribution in [0.2, 0.25) is 0 Å². The van der Waals surface area contributed by atoms with Gasteiger partial charge < -0.3 is 0 Å². The molecule has 0 amide bonds. The van der Waals surface area contributed by atoms with Crippen molar-refractivity contribution in [2.24, 2.45) is 23.6 Å². The summed E-state index contributed by atoms with van der Waals surface area (Å²) < 4.78 is 4.02. The Bertz CT molecular complexity index is 355. The van der Waals surface area contributed by atoms with Crippen molar-refractivity contribution in [2.45, 2.75) is 46.1 Å². The van der Waals surface area contributed by atoms with Crippen molar-refractivity contribution in [3.63, 3.8) is 0 Å². The number of hydrogen-bond donors (Lipinski definition) is 2. The van der Waals surface area contributed by atoms with Gasteiger partial charge in [-0.1, -0.05) is 18.3 Å². The van der Waals surface area contributed by atoms with Gasteiger partial charge in [-0.25, -0.2) is 0 Å². The number of rotatable bonds is 3. The van der Waals surface area contributed by atoms with Gasteiger partial charge in [0.05, 0.1) is 16.6 Å². The Morgan fingerprint density at radius 3 is 2.41 bits per heavy atom. The second kappa shape index (κ2) is 5.42. The van der Waals surface area contributed by atoms with Crippen LogP contribution in [0.3, 0.4) is 0 Å². The van der Waals surface area contributed by atoms with Gasteiger partial charge in [0.25, 0.3) is 0 Å². The number of aryl methyl sites for hydroxylation is 1. The largest absolute Gasteiger partial charge is 0.271 e. The molecule has 2 rings (SSSR count). The molecule has 96 valence electrons. The molecular weight excluding hydrogens is 232 g/mol. The first-order valence-electron chi connectivity index (χ1n) is 6.36. The minimum absolute atomic E-state index is 0.222. The van der Waals surface area contributed by atoms with E-state index in [0.29, 0.717) is 5.92 Å². The highest BCUT2D eigenvalue weighted by Gasteiger charge is 2.32. The Labute approximate surface area is 107 Å². The maximum absolute atomic E-state index is 5.76. The summed E-state index contributed by atoms with van der Waals surface area (Å²) in [5, 5.41) is 4.09. The summed E-state index contributed by atoms with van der Waals surface area (Å²) in [5.74, 6) is 7.95. The van der Waals surface area contributed by atoms with Crippen molar-refractivity contribution in [2.75, 3.05) is 0 Å². The number of hydrazine groups is 1. The average molecular weight is 254 g/mol. The first-order valence-corrected chi connectivity index (χ1v) is 7.14. The molecule has 1 aliphatic carbocycles. The highest BCUT2D eigenvalue weighted by molar-refractivity contribution is 7.05. The topological polar surface area (TPSA) is 63.8 Å².